The van der Waals surface area contributed by atoms with Crippen molar-refractivity contribution in [1.29, 1.82) is 0 Å². The number of carbonyl (C=O) groups is 2. The Hall–Kier alpha value is -0.710. The lowest BCUT2D eigenvalue weighted by atomic mass is 9.98. The summed E-state index contributed by atoms with van der Waals surface area (Å²) >= 11 is 1.15. The molecule has 0 aromatic heterocycles. The highest BCUT2D eigenvalue weighted by Crippen LogP contribution is 2.34. The molecule has 0 aromatic rings. The van der Waals surface area contributed by atoms with Crippen molar-refractivity contribution in [2.45, 2.75) is 44.3 Å². The first kappa shape index (κ1) is 14.3. The first-order valence-electron chi connectivity index (χ1n) is 5.14. The molecule has 0 radical (unpaired) electrons. The molecular weight excluding hydrogens is 214 g/mol. The van der Waals surface area contributed by atoms with Crippen LogP contribution in [0.2, 0.25) is 0 Å². The summed E-state index contributed by atoms with van der Waals surface area (Å²) < 4.78 is -0.842. The van der Waals surface area contributed by atoms with Crippen LogP contribution in [0, 0.1) is 0 Å². The number of carboxylic acids is 1. The minimum atomic E-state index is -0.843. The molecule has 0 aromatic carbocycles. The third-order valence-electron chi connectivity index (χ3n) is 2.39. The average Bonchev–Trinajstić information content (AvgIpc) is 2.18. The molecule has 1 atom stereocenters. The molecule has 0 heterocycles. The van der Waals surface area contributed by atoms with Crippen LogP contribution < -0.4 is 5.73 Å². The van der Waals surface area contributed by atoms with Crippen LogP contribution in [-0.4, -0.2) is 27.5 Å². The van der Waals surface area contributed by atoms with Crippen molar-refractivity contribution in [3.05, 3.63) is 0 Å². The molecule has 0 bridgehead atoms. The summed E-state index contributed by atoms with van der Waals surface area (Å²) in [6.07, 6.45) is 2.91. The summed E-state index contributed by atoms with van der Waals surface area (Å²) in [7, 11) is 0. The van der Waals surface area contributed by atoms with Gasteiger partial charge in [0.25, 0.3) is 0 Å². The van der Waals surface area contributed by atoms with Crippen molar-refractivity contribution in [2.24, 2.45) is 5.73 Å². The van der Waals surface area contributed by atoms with Crippen LogP contribution in [0.5, 0.6) is 0 Å². The van der Waals surface area contributed by atoms with Gasteiger partial charge in [0.05, 0.1) is 5.75 Å². The Labute approximate surface area is 94.6 Å². The number of carboxylic acid groups (broad SMARTS) is 1. The quantitative estimate of drug-likeness (QED) is 0.667. The summed E-state index contributed by atoms with van der Waals surface area (Å²) in [5, 5.41) is 9.19. The topological polar surface area (TPSA) is 80.4 Å². The third-order valence-corrected chi connectivity index (χ3v) is 4.03. The monoisotopic (exact) mass is 233 g/mol. The second kappa shape index (κ2) is 6.71. The highest BCUT2D eigenvalue weighted by atomic mass is 32.2. The Morgan fingerprint density at radius 3 is 2.33 bits per heavy atom. The number of rotatable bonds is 8. The van der Waals surface area contributed by atoms with E-state index in [1.54, 1.807) is 0 Å². The first-order chi connectivity index (χ1) is 6.98. The molecule has 0 aliphatic rings. The van der Waals surface area contributed by atoms with Gasteiger partial charge in [0.2, 0.25) is 5.91 Å². The van der Waals surface area contributed by atoms with Gasteiger partial charge in [0.1, 0.15) is 4.75 Å². The fourth-order valence-electron chi connectivity index (χ4n) is 1.34. The Bertz CT molecular complexity index is 233. The Balaban J connectivity index is 4.50. The molecule has 3 N–H and O–H groups in total. The van der Waals surface area contributed by atoms with E-state index in [4.69, 9.17) is 5.73 Å². The van der Waals surface area contributed by atoms with Gasteiger partial charge in [-0.2, -0.15) is 0 Å². The van der Waals surface area contributed by atoms with Gasteiger partial charge in [-0.25, -0.2) is 0 Å². The van der Waals surface area contributed by atoms with Crippen molar-refractivity contribution >= 4 is 23.6 Å². The standard InChI is InChI=1S/C10H19NO3S/c1-3-5-6-10(4-2,9(13)14)15-7-8(11)12/h3-7H2,1-2H3,(H2,11,12)(H,13,14)/t10-/m0/s1. The van der Waals surface area contributed by atoms with Crippen LogP contribution >= 0.6 is 11.8 Å². The molecule has 0 aliphatic carbocycles. The van der Waals surface area contributed by atoms with Crippen molar-refractivity contribution < 1.29 is 14.7 Å². The van der Waals surface area contributed by atoms with Crippen molar-refractivity contribution in [3.63, 3.8) is 0 Å². The van der Waals surface area contributed by atoms with Gasteiger partial charge in [-0.15, -0.1) is 11.8 Å². The normalized spacial score (nSPS) is 14.5. The van der Waals surface area contributed by atoms with Gasteiger partial charge in [-0.1, -0.05) is 26.7 Å². The maximum absolute atomic E-state index is 11.2. The van der Waals surface area contributed by atoms with Crippen LogP contribution in [0.1, 0.15) is 39.5 Å². The Morgan fingerprint density at radius 2 is 2.00 bits per heavy atom. The average molecular weight is 233 g/mol. The number of nitrogens with two attached hydrogens (primary N) is 1. The van der Waals surface area contributed by atoms with Crippen molar-refractivity contribution in [3.8, 4) is 0 Å². The van der Waals surface area contributed by atoms with Crippen LogP contribution in [0.4, 0.5) is 0 Å². The smallest absolute Gasteiger partial charge is 0.319 e. The van der Waals surface area contributed by atoms with Gasteiger partial charge in [-0.3, -0.25) is 9.59 Å². The number of amides is 1. The maximum Gasteiger partial charge on any atom is 0.319 e. The molecule has 0 unspecified atom stereocenters. The molecule has 5 heteroatoms. The molecule has 15 heavy (non-hydrogen) atoms. The fourth-order valence-corrected chi connectivity index (χ4v) is 2.38. The number of carbonyl (C=O) groups excluding carboxylic acids is 1. The third kappa shape index (κ3) is 4.55. The number of hydrogen-bond donors (Lipinski definition) is 2. The molecule has 0 fully saturated rings. The first-order valence-corrected chi connectivity index (χ1v) is 6.12. The molecule has 0 spiro atoms. The number of primary amides is 1. The highest BCUT2D eigenvalue weighted by molar-refractivity contribution is 8.02. The van der Waals surface area contributed by atoms with Crippen LogP contribution in [-0.2, 0) is 9.59 Å². The van der Waals surface area contributed by atoms with Gasteiger partial charge < -0.3 is 10.8 Å². The SMILES string of the molecule is CCCC[C@](CC)(SCC(N)=O)C(=O)O. The Kier molecular flexibility index (Phi) is 6.40. The van der Waals surface area contributed by atoms with Crippen molar-refractivity contribution in [1.82, 2.24) is 0 Å². The summed E-state index contributed by atoms with van der Waals surface area (Å²) in [6.45, 7) is 3.85. The van der Waals surface area contributed by atoms with Crippen LogP contribution in [0.3, 0.4) is 0 Å². The van der Waals surface area contributed by atoms with Gasteiger partial charge in [0, 0.05) is 0 Å². The van der Waals surface area contributed by atoms with E-state index >= 15 is 0 Å². The van der Waals surface area contributed by atoms with E-state index in [0.717, 1.165) is 24.6 Å². The van der Waals surface area contributed by atoms with E-state index in [1.165, 1.54) is 0 Å². The van der Waals surface area contributed by atoms with E-state index < -0.39 is 16.6 Å². The molecule has 0 rings (SSSR count). The summed E-state index contributed by atoms with van der Waals surface area (Å²) in [5.74, 6) is -1.23. The zero-order valence-corrected chi connectivity index (χ0v) is 10.1. The predicted molar refractivity (Wildman–Crippen MR) is 61.8 cm³/mol. The second-order valence-corrected chi connectivity index (χ2v) is 4.87. The lowest BCUT2D eigenvalue weighted by Crippen LogP contribution is -2.36. The van der Waals surface area contributed by atoms with Gasteiger partial charge >= 0.3 is 5.97 Å². The maximum atomic E-state index is 11.2. The number of hydrogen-bond acceptors (Lipinski definition) is 3. The zero-order valence-electron chi connectivity index (χ0n) is 9.28. The minimum absolute atomic E-state index is 0.0733. The Morgan fingerprint density at radius 1 is 1.40 bits per heavy atom. The fraction of sp³-hybridized carbons (Fsp3) is 0.800. The predicted octanol–water partition coefficient (Wildman–Crippen LogP) is 1.63. The van der Waals surface area contributed by atoms with Crippen LogP contribution in [0.25, 0.3) is 0 Å². The van der Waals surface area contributed by atoms with E-state index in [-0.39, 0.29) is 5.75 Å². The summed E-state index contributed by atoms with van der Waals surface area (Å²) in [6, 6.07) is 0. The van der Waals surface area contributed by atoms with E-state index in [2.05, 4.69) is 0 Å². The largest absolute Gasteiger partial charge is 0.480 e. The van der Waals surface area contributed by atoms with Gasteiger partial charge in [0.15, 0.2) is 0 Å². The van der Waals surface area contributed by atoms with Crippen LogP contribution in [0.15, 0.2) is 0 Å². The molecule has 4 nitrogen and oxygen atoms in total. The second-order valence-electron chi connectivity index (χ2n) is 3.51. The molecule has 0 saturated heterocycles. The lowest BCUT2D eigenvalue weighted by Gasteiger charge is -2.26. The van der Waals surface area contributed by atoms with E-state index in [0.29, 0.717) is 12.8 Å². The molecule has 0 saturated carbocycles. The number of thioether (sulfide) groups is 1. The zero-order chi connectivity index (χ0) is 11.9. The lowest BCUT2D eigenvalue weighted by molar-refractivity contribution is -0.140. The molecule has 0 aliphatic heterocycles. The highest BCUT2D eigenvalue weighted by Gasteiger charge is 2.36. The number of unbranched alkanes of at least 4 members (excludes halogenated alkanes) is 1. The molecular formula is C10H19NO3S. The molecule has 88 valence electrons. The van der Waals surface area contributed by atoms with E-state index in [9.17, 15) is 14.7 Å². The van der Waals surface area contributed by atoms with Gasteiger partial charge in [-0.05, 0) is 12.8 Å². The van der Waals surface area contributed by atoms with E-state index in [1.807, 2.05) is 13.8 Å². The number of aliphatic carboxylic acids is 1. The molecule has 1 amide bonds. The van der Waals surface area contributed by atoms with Crippen molar-refractivity contribution in [2.75, 3.05) is 5.75 Å². The summed E-state index contributed by atoms with van der Waals surface area (Å²) in [5.41, 5.74) is 5.03. The summed E-state index contributed by atoms with van der Waals surface area (Å²) in [4.78, 5) is 21.9. The minimum Gasteiger partial charge on any atom is -0.480 e.